The Bertz CT molecular complexity index is 229. The molecule has 0 aliphatic carbocycles. The van der Waals surface area contributed by atoms with Gasteiger partial charge >= 0.3 is 0 Å². The minimum atomic E-state index is 0.265. The van der Waals surface area contributed by atoms with Gasteiger partial charge in [0.05, 0.1) is 33.0 Å². The molecule has 0 spiro atoms. The average molecular weight is 274 g/mol. The molecule has 1 aliphatic heterocycles. The molecule has 114 valence electrons. The first-order valence-electron chi connectivity index (χ1n) is 7.32. The Morgan fingerprint density at radius 1 is 1.11 bits per heavy atom. The molecule has 1 rings (SSSR count). The highest BCUT2D eigenvalue weighted by molar-refractivity contribution is 4.89. The number of hydrogen-bond donors (Lipinski definition) is 1. The number of hydrogen-bond acceptors (Lipinski definition) is 5. The van der Waals surface area contributed by atoms with E-state index in [1.165, 1.54) is 0 Å². The zero-order valence-corrected chi connectivity index (χ0v) is 12.7. The minimum absolute atomic E-state index is 0.265. The van der Waals surface area contributed by atoms with E-state index in [4.69, 9.17) is 14.2 Å². The second-order valence-electron chi connectivity index (χ2n) is 5.33. The van der Waals surface area contributed by atoms with Gasteiger partial charge in [0.1, 0.15) is 0 Å². The van der Waals surface area contributed by atoms with Crippen LogP contribution in [-0.4, -0.2) is 76.8 Å². The largest absolute Gasteiger partial charge is 0.382 e. The summed E-state index contributed by atoms with van der Waals surface area (Å²) in [4.78, 5) is 2.48. The quantitative estimate of drug-likeness (QED) is 0.595. The summed E-state index contributed by atoms with van der Waals surface area (Å²) < 4.78 is 15.8. The molecule has 1 heterocycles. The van der Waals surface area contributed by atoms with E-state index in [0.717, 1.165) is 39.2 Å². The fourth-order valence-corrected chi connectivity index (χ4v) is 2.23. The molecule has 0 radical (unpaired) electrons. The third-order valence-electron chi connectivity index (χ3n) is 3.69. The van der Waals surface area contributed by atoms with Gasteiger partial charge in [-0.2, -0.15) is 0 Å². The third-order valence-corrected chi connectivity index (χ3v) is 3.69. The van der Waals surface area contributed by atoms with Gasteiger partial charge in [0.15, 0.2) is 0 Å². The van der Waals surface area contributed by atoms with Gasteiger partial charge in [-0.15, -0.1) is 0 Å². The zero-order valence-electron chi connectivity index (χ0n) is 12.7. The molecule has 0 bridgehead atoms. The Labute approximate surface area is 117 Å². The van der Waals surface area contributed by atoms with Crippen LogP contribution in [0, 0.1) is 0 Å². The van der Waals surface area contributed by atoms with Crippen LogP contribution in [0.25, 0.3) is 0 Å². The van der Waals surface area contributed by atoms with Gasteiger partial charge in [-0.25, -0.2) is 0 Å². The molecule has 0 aromatic heterocycles. The standard InChI is InChI=1S/C14H30N2O3/c1-4-14(2)13-16(6-5-15-14)7-8-18-11-12-19-10-9-17-3/h15H,4-13H2,1-3H3. The number of nitrogens with zero attached hydrogens (tertiary/aromatic N) is 1. The Morgan fingerprint density at radius 2 is 1.79 bits per heavy atom. The van der Waals surface area contributed by atoms with E-state index in [1.54, 1.807) is 7.11 Å². The first-order chi connectivity index (χ1) is 9.20. The molecule has 1 N–H and O–H groups in total. The maximum Gasteiger partial charge on any atom is 0.0701 e. The maximum absolute atomic E-state index is 5.59. The van der Waals surface area contributed by atoms with E-state index in [9.17, 15) is 0 Å². The van der Waals surface area contributed by atoms with Gasteiger partial charge in [-0.1, -0.05) is 6.92 Å². The number of piperazine rings is 1. The van der Waals surface area contributed by atoms with Gasteiger partial charge in [0.25, 0.3) is 0 Å². The van der Waals surface area contributed by atoms with E-state index in [-0.39, 0.29) is 5.54 Å². The summed E-state index contributed by atoms with van der Waals surface area (Å²) in [5.74, 6) is 0. The van der Waals surface area contributed by atoms with Gasteiger partial charge in [-0.3, -0.25) is 4.90 Å². The number of rotatable bonds is 10. The van der Waals surface area contributed by atoms with Crippen molar-refractivity contribution in [1.29, 1.82) is 0 Å². The van der Waals surface area contributed by atoms with Crippen LogP contribution in [0.2, 0.25) is 0 Å². The van der Waals surface area contributed by atoms with Gasteiger partial charge in [-0.05, 0) is 13.3 Å². The van der Waals surface area contributed by atoms with Crippen LogP contribution in [0.1, 0.15) is 20.3 Å². The maximum atomic E-state index is 5.59. The first-order valence-corrected chi connectivity index (χ1v) is 7.32. The molecular formula is C14H30N2O3. The van der Waals surface area contributed by atoms with Crippen LogP contribution < -0.4 is 5.32 Å². The lowest BCUT2D eigenvalue weighted by molar-refractivity contribution is 0.0154. The summed E-state index contributed by atoms with van der Waals surface area (Å²) in [5.41, 5.74) is 0.265. The second kappa shape index (κ2) is 9.66. The first kappa shape index (κ1) is 16.9. The summed E-state index contributed by atoms with van der Waals surface area (Å²) in [6.45, 7) is 12.2. The van der Waals surface area contributed by atoms with Crippen LogP contribution >= 0.6 is 0 Å². The van der Waals surface area contributed by atoms with Crippen molar-refractivity contribution in [1.82, 2.24) is 10.2 Å². The summed E-state index contributed by atoms with van der Waals surface area (Å²) in [7, 11) is 1.68. The number of methoxy groups -OCH3 is 1. The molecule has 5 nitrogen and oxygen atoms in total. The van der Waals surface area contributed by atoms with E-state index in [1.807, 2.05) is 0 Å². The van der Waals surface area contributed by atoms with Gasteiger partial charge < -0.3 is 19.5 Å². The van der Waals surface area contributed by atoms with Gasteiger partial charge in [0.2, 0.25) is 0 Å². The van der Waals surface area contributed by atoms with Crippen molar-refractivity contribution >= 4 is 0 Å². The Kier molecular flexibility index (Phi) is 8.57. The van der Waals surface area contributed by atoms with Crippen molar-refractivity contribution in [2.45, 2.75) is 25.8 Å². The highest BCUT2D eigenvalue weighted by Crippen LogP contribution is 2.14. The molecule has 0 saturated carbocycles. The highest BCUT2D eigenvalue weighted by atomic mass is 16.5. The van der Waals surface area contributed by atoms with Crippen LogP contribution in [0.5, 0.6) is 0 Å². The molecule has 0 aromatic carbocycles. The summed E-state index contributed by atoms with van der Waals surface area (Å²) in [5, 5.41) is 3.59. The molecule has 1 unspecified atom stereocenters. The molecular weight excluding hydrogens is 244 g/mol. The molecule has 1 saturated heterocycles. The van der Waals surface area contributed by atoms with Crippen LogP contribution in [0.15, 0.2) is 0 Å². The summed E-state index contributed by atoms with van der Waals surface area (Å²) in [6.07, 6.45) is 1.16. The molecule has 0 aromatic rings. The molecule has 1 atom stereocenters. The van der Waals surface area contributed by atoms with Crippen LogP contribution in [-0.2, 0) is 14.2 Å². The Hall–Kier alpha value is -0.200. The highest BCUT2D eigenvalue weighted by Gasteiger charge is 2.28. The molecule has 0 amide bonds. The van der Waals surface area contributed by atoms with Crippen LogP contribution in [0.3, 0.4) is 0 Å². The predicted octanol–water partition coefficient (Wildman–Crippen LogP) is 0.740. The van der Waals surface area contributed by atoms with Crippen LogP contribution in [0.4, 0.5) is 0 Å². The SMILES string of the molecule is CCC1(C)CN(CCOCCOCCOC)CCN1. The lowest BCUT2D eigenvalue weighted by Crippen LogP contribution is -2.58. The van der Waals surface area contributed by atoms with Gasteiger partial charge in [0, 0.05) is 38.8 Å². The average Bonchev–Trinajstić information content (AvgIpc) is 2.42. The lowest BCUT2D eigenvalue weighted by Gasteiger charge is -2.41. The van der Waals surface area contributed by atoms with Crippen molar-refractivity contribution in [3.63, 3.8) is 0 Å². The normalized spacial score (nSPS) is 24.8. The molecule has 19 heavy (non-hydrogen) atoms. The second-order valence-corrected chi connectivity index (χ2v) is 5.33. The zero-order chi connectivity index (χ0) is 14.0. The van der Waals surface area contributed by atoms with E-state index in [0.29, 0.717) is 26.4 Å². The monoisotopic (exact) mass is 274 g/mol. The molecule has 1 fully saturated rings. The van der Waals surface area contributed by atoms with E-state index >= 15 is 0 Å². The summed E-state index contributed by atoms with van der Waals surface area (Å²) >= 11 is 0. The minimum Gasteiger partial charge on any atom is -0.382 e. The fraction of sp³-hybridized carbons (Fsp3) is 1.00. The van der Waals surface area contributed by atoms with Crippen molar-refractivity contribution in [3.05, 3.63) is 0 Å². The van der Waals surface area contributed by atoms with E-state index in [2.05, 4.69) is 24.1 Å². The summed E-state index contributed by atoms with van der Waals surface area (Å²) in [6, 6.07) is 0. The number of nitrogens with one attached hydrogen (secondary N) is 1. The van der Waals surface area contributed by atoms with Crippen molar-refractivity contribution in [2.24, 2.45) is 0 Å². The topological polar surface area (TPSA) is 43.0 Å². The van der Waals surface area contributed by atoms with E-state index < -0.39 is 0 Å². The molecule has 5 heteroatoms. The van der Waals surface area contributed by atoms with Crippen molar-refractivity contribution < 1.29 is 14.2 Å². The smallest absolute Gasteiger partial charge is 0.0701 e. The predicted molar refractivity (Wildman–Crippen MR) is 76.7 cm³/mol. The lowest BCUT2D eigenvalue weighted by atomic mass is 9.96. The van der Waals surface area contributed by atoms with Crippen molar-refractivity contribution in [2.75, 3.05) is 66.3 Å². The molecule has 1 aliphatic rings. The number of ether oxygens (including phenoxy) is 3. The Morgan fingerprint density at radius 3 is 2.47 bits per heavy atom. The Balaban J connectivity index is 1.97. The fourth-order valence-electron chi connectivity index (χ4n) is 2.23. The third kappa shape index (κ3) is 7.22. The van der Waals surface area contributed by atoms with Crippen molar-refractivity contribution in [3.8, 4) is 0 Å².